The molecular weight excluding hydrogens is 294 g/mol. The molecular formula is C15H14ClNO2S. The Labute approximate surface area is 127 Å². The Morgan fingerprint density at radius 3 is 2.55 bits per heavy atom. The molecule has 0 saturated carbocycles. The van der Waals surface area contributed by atoms with Gasteiger partial charge in [-0.25, -0.2) is 0 Å². The Morgan fingerprint density at radius 2 is 1.95 bits per heavy atom. The molecule has 3 nitrogen and oxygen atoms in total. The third kappa shape index (κ3) is 4.00. The highest BCUT2D eigenvalue weighted by atomic mass is 35.5. The van der Waals surface area contributed by atoms with Gasteiger partial charge in [-0.15, -0.1) is 0 Å². The largest absolute Gasteiger partial charge is 0.392 e. The molecule has 0 aliphatic heterocycles. The number of rotatable bonds is 4. The van der Waals surface area contributed by atoms with E-state index in [1.54, 1.807) is 6.07 Å². The van der Waals surface area contributed by atoms with Crippen molar-refractivity contribution in [3.63, 3.8) is 0 Å². The predicted octanol–water partition coefficient (Wildman–Crippen LogP) is 3.94. The number of anilines is 1. The number of halogens is 1. The van der Waals surface area contributed by atoms with Gasteiger partial charge in [0.15, 0.2) is 0 Å². The molecule has 0 saturated heterocycles. The van der Waals surface area contributed by atoms with Crippen molar-refractivity contribution < 1.29 is 9.90 Å². The van der Waals surface area contributed by atoms with Gasteiger partial charge in [-0.05, 0) is 42.0 Å². The second-order valence-electron chi connectivity index (χ2n) is 4.22. The third-order valence-electron chi connectivity index (χ3n) is 2.60. The van der Waals surface area contributed by atoms with Crippen molar-refractivity contribution in [2.24, 2.45) is 0 Å². The van der Waals surface area contributed by atoms with Gasteiger partial charge < -0.3 is 10.4 Å². The minimum atomic E-state index is -0.0946. The SMILES string of the molecule is CC(=O)Nc1ccc(Sc2cc(Cl)ccc2CO)cc1. The van der Waals surface area contributed by atoms with E-state index < -0.39 is 0 Å². The molecule has 0 aromatic heterocycles. The molecule has 0 aliphatic carbocycles. The van der Waals surface area contributed by atoms with Gasteiger partial charge in [0.2, 0.25) is 5.91 Å². The van der Waals surface area contributed by atoms with Crippen LogP contribution < -0.4 is 5.32 Å². The number of benzene rings is 2. The number of aliphatic hydroxyl groups excluding tert-OH is 1. The Hall–Kier alpha value is -1.49. The zero-order valence-corrected chi connectivity index (χ0v) is 12.5. The Kier molecular flexibility index (Phi) is 5.06. The molecule has 5 heteroatoms. The minimum Gasteiger partial charge on any atom is -0.392 e. The summed E-state index contributed by atoms with van der Waals surface area (Å²) in [5.74, 6) is -0.0946. The van der Waals surface area contributed by atoms with E-state index in [1.165, 1.54) is 18.7 Å². The lowest BCUT2D eigenvalue weighted by Crippen LogP contribution is -2.05. The van der Waals surface area contributed by atoms with Crippen molar-refractivity contribution in [2.75, 3.05) is 5.32 Å². The van der Waals surface area contributed by atoms with Gasteiger partial charge in [-0.2, -0.15) is 0 Å². The van der Waals surface area contributed by atoms with E-state index in [1.807, 2.05) is 36.4 Å². The van der Waals surface area contributed by atoms with Gasteiger partial charge in [-0.3, -0.25) is 4.79 Å². The van der Waals surface area contributed by atoms with Crippen LogP contribution in [0.4, 0.5) is 5.69 Å². The van der Waals surface area contributed by atoms with E-state index in [0.717, 1.165) is 21.0 Å². The summed E-state index contributed by atoms with van der Waals surface area (Å²) < 4.78 is 0. The lowest BCUT2D eigenvalue weighted by atomic mass is 10.2. The molecule has 2 N–H and O–H groups in total. The van der Waals surface area contributed by atoms with E-state index in [-0.39, 0.29) is 12.5 Å². The van der Waals surface area contributed by atoms with Crippen LogP contribution >= 0.6 is 23.4 Å². The number of hydrogen-bond acceptors (Lipinski definition) is 3. The Bertz CT molecular complexity index is 614. The summed E-state index contributed by atoms with van der Waals surface area (Å²) in [6.07, 6.45) is 0. The number of nitrogens with one attached hydrogen (secondary N) is 1. The number of amides is 1. The summed E-state index contributed by atoms with van der Waals surface area (Å²) in [4.78, 5) is 12.9. The fourth-order valence-corrected chi connectivity index (χ4v) is 2.90. The lowest BCUT2D eigenvalue weighted by molar-refractivity contribution is -0.114. The molecule has 0 radical (unpaired) electrons. The van der Waals surface area contributed by atoms with Gasteiger partial charge in [0.25, 0.3) is 0 Å². The van der Waals surface area contributed by atoms with E-state index in [9.17, 15) is 9.90 Å². The molecule has 1 amide bonds. The molecule has 0 fully saturated rings. The third-order valence-corrected chi connectivity index (χ3v) is 3.94. The van der Waals surface area contributed by atoms with Crippen LogP contribution in [0.3, 0.4) is 0 Å². The van der Waals surface area contributed by atoms with Crippen LogP contribution in [0.25, 0.3) is 0 Å². The van der Waals surface area contributed by atoms with Crippen molar-refractivity contribution in [1.29, 1.82) is 0 Å². The van der Waals surface area contributed by atoms with E-state index in [2.05, 4.69) is 5.32 Å². The molecule has 104 valence electrons. The average Bonchev–Trinajstić information content (AvgIpc) is 2.41. The zero-order valence-electron chi connectivity index (χ0n) is 10.9. The van der Waals surface area contributed by atoms with Crippen LogP contribution in [0, 0.1) is 0 Å². The molecule has 0 spiro atoms. The van der Waals surface area contributed by atoms with Crippen LogP contribution in [-0.4, -0.2) is 11.0 Å². The Morgan fingerprint density at radius 1 is 1.25 bits per heavy atom. The summed E-state index contributed by atoms with van der Waals surface area (Å²) in [6, 6.07) is 12.9. The first-order chi connectivity index (χ1) is 9.58. The maximum absolute atomic E-state index is 11.0. The van der Waals surface area contributed by atoms with Gasteiger partial charge in [0.1, 0.15) is 0 Å². The van der Waals surface area contributed by atoms with Gasteiger partial charge in [-0.1, -0.05) is 29.4 Å². The molecule has 0 aliphatic rings. The van der Waals surface area contributed by atoms with Gasteiger partial charge in [0, 0.05) is 27.4 Å². The first-order valence-electron chi connectivity index (χ1n) is 6.03. The fraction of sp³-hybridized carbons (Fsp3) is 0.133. The smallest absolute Gasteiger partial charge is 0.221 e. The van der Waals surface area contributed by atoms with Crippen LogP contribution in [-0.2, 0) is 11.4 Å². The molecule has 0 heterocycles. The molecule has 0 unspecified atom stereocenters. The topological polar surface area (TPSA) is 49.3 Å². The predicted molar refractivity (Wildman–Crippen MR) is 82.2 cm³/mol. The van der Waals surface area contributed by atoms with E-state index in [0.29, 0.717) is 5.02 Å². The number of carbonyl (C=O) groups excluding carboxylic acids is 1. The van der Waals surface area contributed by atoms with Gasteiger partial charge in [0.05, 0.1) is 6.61 Å². The first-order valence-corrected chi connectivity index (χ1v) is 7.22. The molecule has 2 aromatic rings. The Balaban J connectivity index is 2.17. The molecule has 0 bridgehead atoms. The molecule has 2 aromatic carbocycles. The highest BCUT2D eigenvalue weighted by Gasteiger charge is 2.05. The minimum absolute atomic E-state index is 0.0243. The average molecular weight is 308 g/mol. The number of carbonyl (C=O) groups is 1. The highest BCUT2D eigenvalue weighted by molar-refractivity contribution is 7.99. The summed E-state index contributed by atoms with van der Waals surface area (Å²) in [7, 11) is 0. The fourth-order valence-electron chi connectivity index (χ4n) is 1.69. The monoisotopic (exact) mass is 307 g/mol. The second kappa shape index (κ2) is 6.79. The molecule has 2 rings (SSSR count). The summed E-state index contributed by atoms with van der Waals surface area (Å²) in [5.41, 5.74) is 1.60. The molecule has 0 atom stereocenters. The van der Waals surface area contributed by atoms with E-state index in [4.69, 9.17) is 11.6 Å². The first kappa shape index (κ1) is 14.9. The summed E-state index contributed by atoms with van der Waals surface area (Å²) >= 11 is 7.50. The van der Waals surface area contributed by atoms with Crippen molar-refractivity contribution >= 4 is 35.0 Å². The normalized spacial score (nSPS) is 10.3. The summed E-state index contributed by atoms with van der Waals surface area (Å²) in [5, 5.41) is 12.7. The quantitative estimate of drug-likeness (QED) is 0.899. The van der Waals surface area contributed by atoms with Crippen molar-refractivity contribution in [2.45, 2.75) is 23.3 Å². The van der Waals surface area contributed by atoms with Crippen LogP contribution in [0.2, 0.25) is 5.02 Å². The summed E-state index contributed by atoms with van der Waals surface area (Å²) in [6.45, 7) is 1.45. The van der Waals surface area contributed by atoms with Gasteiger partial charge >= 0.3 is 0 Å². The lowest BCUT2D eigenvalue weighted by Gasteiger charge is -2.08. The van der Waals surface area contributed by atoms with Crippen LogP contribution in [0.15, 0.2) is 52.3 Å². The maximum atomic E-state index is 11.0. The highest BCUT2D eigenvalue weighted by Crippen LogP contribution is 2.33. The number of hydrogen-bond donors (Lipinski definition) is 2. The zero-order chi connectivity index (χ0) is 14.5. The van der Waals surface area contributed by atoms with E-state index >= 15 is 0 Å². The second-order valence-corrected chi connectivity index (χ2v) is 5.77. The van der Waals surface area contributed by atoms with Crippen molar-refractivity contribution in [1.82, 2.24) is 0 Å². The standard InChI is InChI=1S/C15H14ClNO2S/c1-10(19)17-13-4-6-14(7-5-13)20-15-8-12(16)3-2-11(15)9-18/h2-8,18H,9H2,1H3,(H,17,19). The van der Waals surface area contributed by atoms with Crippen molar-refractivity contribution in [3.05, 3.63) is 53.1 Å². The number of aliphatic hydroxyl groups is 1. The van der Waals surface area contributed by atoms with Crippen molar-refractivity contribution in [3.8, 4) is 0 Å². The van der Waals surface area contributed by atoms with Crippen LogP contribution in [0.5, 0.6) is 0 Å². The maximum Gasteiger partial charge on any atom is 0.221 e. The molecule has 20 heavy (non-hydrogen) atoms. The van der Waals surface area contributed by atoms with Crippen LogP contribution in [0.1, 0.15) is 12.5 Å².